The Hall–Kier alpha value is -2.74. The number of hydrogen-bond donors (Lipinski definition) is 3. The van der Waals surface area contributed by atoms with Crippen LogP contribution in [0.3, 0.4) is 0 Å². The molecule has 4 aromatic heterocycles. The highest BCUT2D eigenvalue weighted by atomic mass is 32.1. The highest BCUT2D eigenvalue weighted by Crippen LogP contribution is 2.39. The Bertz CT molecular complexity index is 1100. The average Bonchev–Trinajstić information content (AvgIpc) is 3.33. The number of aromatic amines is 2. The van der Waals surface area contributed by atoms with Gasteiger partial charge < -0.3 is 5.32 Å². The maximum absolute atomic E-state index is 4.96. The molecule has 0 saturated heterocycles. The normalized spacial score (nSPS) is 11.6. The molecule has 8 heteroatoms. The van der Waals surface area contributed by atoms with E-state index >= 15 is 0 Å². The number of nitrogens with zero attached hydrogens (tertiary/aromatic N) is 4. The number of pyridine rings is 1. The monoisotopic (exact) mass is 381 g/mol. The Balaban J connectivity index is 1.91. The molecule has 7 nitrogen and oxygen atoms in total. The molecule has 0 spiro atoms. The van der Waals surface area contributed by atoms with Gasteiger partial charge in [0.2, 0.25) is 0 Å². The lowest BCUT2D eigenvalue weighted by atomic mass is 9.97. The molecule has 4 heterocycles. The van der Waals surface area contributed by atoms with E-state index in [2.05, 4.69) is 51.5 Å². The summed E-state index contributed by atoms with van der Waals surface area (Å²) in [4.78, 5) is 10.7. The summed E-state index contributed by atoms with van der Waals surface area (Å²) >= 11 is 1.67. The molecule has 27 heavy (non-hydrogen) atoms. The van der Waals surface area contributed by atoms with Gasteiger partial charge in [0.25, 0.3) is 0 Å². The van der Waals surface area contributed by atoms with Crippen molar-refractivity contribution in [2.24, 2.45) is 0 Å². The molecule has 4 aromatic rings. The molecule has 0 fully saturated rings. The van der Waals surface area contributed by atoms with Crippen LogP contribution in [-0.4, -0.2) is 30.4 Å². The predicted molar refractivity (Wildman–Crippen MR) is 109 cm³/mol. The van der Waals surface area contributed by atoms with Crippen molar-refractivity contribution in [1.82, 2.24) is 30.4 Å². The summed E-state index contributed by atoms with van der Waals surface area (Å²) in [6, 6.07) is 0. The van der Waals surface area contributed by atoms with Crippen LogP contribution in [0.5, 0.6) is 0 Å². The molecule has 0 aromatic carbocycles. The molecule has 4 rings (SSSR count). The Morgan fingerprint density at radius 1 is 1.15 bits per heavy atom. The van der Waals surface area contributed by atoms with Gasteiger partial charge in [-0.1, -0.05) is 13.8 Å². The molecule has 0 aliphatic heterocycles. The van der Waals surface area contributed by atoms with Gasteiger partial charge in [0.15, 0.2) is 0 Å². The second-order valence-electron chi connectivity index (χ2n) is 7.08. The fourth-order valence-electron chi connectivity index (χ4n) is 3.27. The first-order valence-electron chi connectivity index (χ1n) is 9.00. The van der Waals surface area contributed by atoms with Crippen LogP contribution in [0.2, 0.25) is 0 Å². The number of aryl methyl sites for hydroxylation is 3. The minimum absolute atomic E-state index is 0.269. The van der Waals surface area contributed by atoms with Crippen LogP contribution in [0, 0.1) is 20.8 Å². The molecule has 140 valence electrons. The average molecular weight is 382 g/mol. The van der Waals surface area contributed by atoms with Crippen molar-refractivity contribution in [2.45, 2.75) is 47.1 Å². The second kappa shape index (κ2) is 6.77. The lowest BCUT2D eigenvalue weighted by Crippen LogP contribution is -2.08. The van der Waals surface area contributed by atoms with Crippen LogP contribution in [0.15, 0.2) is 12.4 Å². The first-order valence-corrected chi connectivity index (χ1v) is 9.81. The zero-order valence-electron chi connectivity index (χ0n) is 16.1. The maximum Gasteiger partial charge on any atom is 0.142 e. The van der Waals surface area contributed by atoms with Crippen LogP contribution in [0.25, 0.3) is 21.7 Å². The van der Waals surface area contributed by atoms with Crippen molar-refractivity contribution in [3.8, 4) is 10.7 Å². The van der Waals surface area contributed by atoms with E-state index in [-0.39, 0.29) is 5.92 Å². The second-order valence-corrected chi connectivity index (χ2v) is 8.31. The molecule has 0 unspecified atom stereocenters. The topological polar surface area (TPSA) is 95.2 Å². The Morgan fingerprint density at radius 2 is 1.96 bits per heavy atom. The zero-order chi connectivity index (χ0) is 19.1. The summed E-state index contributed by atoms with van der Waals surface area (Å²) in [7, 11) is 0. The molecule has 3 N–H and O–H groups in total. The van der Waals surface area contributed by atoms with Crippen LogP contribution in [0.4, 0.5) is 5.69 Å². The quantitative estimate of drug-likeness (QED) is 0.474. The molecule has 0 saturated carbocycles. The minimum atomic E-state index is 0.269. The third-order valence-electron chi connectivity index (χ3n) is 4.69. The molecule has 0 radical (unpaired) electrons. The van der Waals surface area contributed by atoms with E-state index in [4.69, 9.17) is 4.98 Å². The van der Waals surface area contributed by atoms with Crippen molar-refractivity contribution in [2.75, 3.05) is 5.32 Å². The number of H-pyrrole nitrogens is 2. The van der Waals surface area contributed by atoms with Gasteiger partial charge in [0.1, 0.15) is 21.7 Å². The van der Waals surface area contributed by atoms with E-state index in [9.17, 15) is 0 Å². The van der Waals surface area contributed by atoms with Crippen molar-refractivity contribution in [3.05, 3.63) is 39.8 Å². The van der Waals surface area contributed by atoms with Gasteiger partial charge in [-0.25, -0.2) is 9.97 Å². The molecule has 0 atom stereocenters. The smallest absolute Gasteiger partial charge is 0.142 e. The molecule has 0 aliphatic rings. The van der Waals surface area contributed by atoms with Crippen molar-refractivity contribution in [3.63, 3.8) is 0 Å². The van der Waals surface area contributed by atoms with E-state index in [1.807, 2.05) is 26.2 Å². The Kier molecular flexibility index (Phi) is 4.43. The maximum atomic E-state index is 4.96. The number of rotatable bonds is 5. The number of nitrogens with one attached hydrogen (secondary N) is 3. The lowest BCUT2D eigenvalue weighted by Gasteiger charge is -2.18. The van der Waals surface area contributed by atoms with E-state index in [0.717, 1.165) is 49.9 Å². The number of aromatic nitrogens is 6. The van der Waals surface area contributed by atoms with Crippen molar-refractivity contribution in [1.29, 1.82) is 0 Å². The van der Waals surface area contributed by atoms with Crippen molar-refractivity contribution < 1.29 is 0 Å². The van der Waals surface area contributed by atoms with Crippen LogP contribution in [0.1, 0.15) is 47.2 Å². The first-order chi connectivity index (χ1) is 13.0. The summed E-state index contributed by atoms with van der Waals surface area (Å²) in [6.45, 7) is 11.1. The molecule has 0 amide bonds. The van der Waals surface area contributed by atoms with Gasteiger partial charge in [0.05, 0.1) is 17.1 Å². The summed E-state index contributed by atoms with van der Waals surface area (Å²) in [6.07, 6.45) is 3.83. The highest BCUT2D eigenvalue weighted by molar-refractivity contribution is 7.14. The molecular weight excluding hydrogens is 358 g/mol. The van der Waals surface area contributed by atoms with Gasteiger partial charge >= 0.3 is 0 Å². The Morgan fingerprint density at radius 3 is 2.59 bits per heavy atom. The van der Waals surface area contributed by atoms with Crippen LogP contribution < -0.4 is 5.32 Å². The minimum Gasteiger partial charge on any atom is -0.379 e. The third-order valence-corrected chi connectivity index (χ3v) is 5.61. The van der Waals surface area contributed by atoms with E-state index in [0.29, 0.717) is 6.54 Å². The highest BCUT2D eigenvalue weighted by Gasteiger charge is 2.23. The van der Waals surface area contributed by atoms with E-state index in [1.54, 1.807) is 11.3 Å². The van der Waals surface area contributed by atoms with E-state index < -0.39 is 0 Å². The SMILES string of the molecule is Cc1cnc(-c2nc3c(C)[nH]nc3c(NCc3c[nH]nc3C)c2C(C)C)s1. The predicted octanol–water partition coefficient (Wildman–Crippen LogP) is 4.47. The lowest BCUT2D eigenvalue weighted by molar-refractivity contribution is 0.862. The van der Waals surface area contributed by atoms with Gasteiger partial charge in [-0.3, -0.25) is 10.2 Å². The molecule has 0 aliphatic carbocycles. The zero-order valence-corrected chi connectivity index (χ0v) is 17.0. The summed E-state index contributed by atoms with van der Waals surface area (Å²) in [5.41, 5.74) is 7.93. The number of anilines is 1. The fraction of sp³-hybridized carbons (Fsp3) is 0.368. The van der Waals surface area contributed by atoms with Crippen LogP contribution >= 0.6 is 11.3 Å². The van der Waals surface area contributed by atoms with Gasteiger partial charge in [-0.15, -0.1) is 11.3 Å². The summed E-state index contributed by atoms with van der Waals surface area (Å²) in [5.74, 6) is 0.269. The number of thiazole rings is 1. The largest absolute Gasteiger partial charge is 0.379 e. The van der Waals surface area contributed by atoms with E-state index in [1.165, 1.54) is 4.88 Å². The first kappa shape index (κ1) is 17.7. The molecule has 0 bridgehead atoms. The third kappa shape index (κ3) is 3.10. The summed E-state index contributed by atoms with van der Waals surface area (Å²) in [5, 5.41) is 19.3. The van der Waals surface area contributed by atoms with Gasteiger partial charge in [-0.2, -0.15) is 10.2 Å². The Labute approximate surface area is 161 Å². The fourth-order valence-corrected chi connectivity index (χ4v) is 4.03. The van der Waals surface area contributed by atoms with Crippen LogP contribution in [-0.2, 0) is 6.54 Å². The molecular formula is C19H23N7S. The standard InChI is InChI=1S/C19H23N7S/c1-9(2)14-16(20-7-13-8-22-24-11(13)4)18-15(12(5)25-26-18)23-17(14)19-21-6-10(3)27-19/h6,8-9H,7H2,1-5H3,(H,20,23)(H,22,24)(H,25,26). The van der Waals surface area contributed by atoms with Gasteiger partial charge in [0, 0.05) is 34.9 Å². The number of fused-ring (bicyclic) bond motifs is 1. The summed E-state index contributed by atoms with van der Waals surface area (Å²) < 4.78 is 0. The number of hydrogen-bond acceptors (Lipinski definition) is 6. The van der Waals surface area contributed by atoms with Crippen molar-refractivity contribution >= 4 is 28.1 Å². The van der Waals surface area contributed by atoms with Gasteiger partial charge in [-0.05, 0) is 26.7 Å².